The highest BCUT2D eigenvalue weighted by Gasteiger charge is 2.17. The van der Waals surface area contributed by atoms with Crippen molar-refractivity contribution in [2.24, 2.45) is 0 Å². The highest BCUT2D eigenvalue weighted by Crippen LogP contribution is 2.29. The van der Waals surface area contributed by atoms with Crippen LogP contribution in [0.15, 0.2) is 36.7 Å². The van der Waals surface area contributed by atoms with Crippen LogP contribution in [0.2, 0.25) is 5.02 Å². The van der Waals surface area contributed by atoms with Crippen LogP contribution in [0.4, 0.5) is 4.39 Å². The summed E-state index contributed by atoms with van der Waals surface area (Å²) >= 11 is 12.0. The Bertz CT molecular complexity index is 783. The normalized spacial score (nSPS) is 12.8. The fraction of sp³-hybridized carbons (Fsp3) is 0.143. The monoisotopic (exact) mass is 309 g/mol. The van der Waals surface area contributed by atoms with Gasteiger partial charge in [-0.25, -0.2) is 9.37 Å². The Kier molecular flexibility index (Phi) is 3.36. The number of benzene rings is 1. The molecule has 0 bridgehead atoms. The second kappa shape index (κ2) is 5.04. The molecule has 1 atom stereocenters. The van der Waals surface area contributed by atoms with E-state index in [-0.39, 0.29) is 10.4 Å². The van der Waals surface area contributed by atoms with E-state index in [1.165, 1.54) is 6.07 Å². The minimum absolute atomic E-state index is 0.0616. The molecule has 0 aliphatic heterocycles. The molecule has 3 nitrogen and oxygen atoms in total. The molecule has 2 heterocycles. The molecule has 0 N–H and O–H groups in total. The van der Waals surface area contributed by atoms with Crippen LogP contribution >= 0.6 is 23.2 Å². The number of hydrogen-bond donors (Lipinski definition) is 0. The van der Waals surface area contributed by atoms with Crippen LogP contribution in [0.3, 0.4) is 0 Å². The number of hydrogen-bond acceptors (Lipinski definition) is 2. The lowest BCUT2D eigenvalue weighted by molar-refractivity contribution is 0.627. The second-order valence-corrected chi connectivity index (χ2v) is 5.45. The van der Waals surface area contributed by atoms with Crippen molar-refractivity contribution in [3.05, 3.63) is 53.3 Å². The summed E-state index contributed by atoms with van der Waals surface area (Å²) in [6, 6.07) is 6.36. The van der Waals surface area contributed by atoms with E-state index in [0.717, 1.165) is 11.0 Å². The maximum absolute atomic E-state index is 13.3. The number of fused-ring (bicyclic) bond motifs is 1. The molecule has 1 unspecified atom stereocenters. The molecule has 1 aromatic carbocycles. The van der Waals surface area contributed by atoms with E-state index < -0.39 is 5.82 Å². The Hall–Kier alpha value is -1.65. The summed E-state index contributed by atoms with van der Waals surface area (Å²) in [5.41, 5.74) is 2.30. The highest BCUT2D eigenvalue weighted by atomic mass is 35.5. The number of pyridine rings is 1. The molecule has 3 aromatic rings. The maximum Gasteiger partial charge on any atom is 0.141 e. The van der Waals surface area contributed by atoms with Crippen LogP contribution in [0.5, 0.6) is 0 Å². The Morgan fingerprint density at radius 3 is 2.80 bits per heavy atom. The van der Waals surface area contributed by atoms with Crippen LogP contribution in [0.1, 0.15) is 18.1 Å². The molecule has 0 spiro atoms. The first-order chi connectivity index (χ1) is 9.58. The van der Waals surface area contributed by atoms with E-state index in [0.29, 0.717) is 11.5 Å². The zero-order valence-corrected chi connectivity index (χ0v) is 12.0. The Labute approximate surface area is 125 Å². The Balaban J connectivity index is 2.33. The third kappa shape index (κ3) is 2.15. The quantitative estimate of drug-likeness (QED) is 0.652. The van der Waals surface area contributed by atoms with Crippen LogP contribution in [-0.4, -0.2) is 14.5 Å². The number of aromatic nitrogens is 3. The molecule has 20 heavy (non-hydrogen) atoms. The number of nitrogens with zero attached hydrogens (tertiary/aromatic N) is 3. The molecule has 0 amide bonds. The maximum atomic E-state index is 13.3. The van der Waals surface area contributed by atoms with Gasteiger partial charge in [0.05, 0.1) is 22.1 Å². The summed E-state index contributed by atoms with van der Waals surface area (Å²) in [6.07, 6.45) is 3.34. The van der Waals surface area contributed by atoms with Gasteiger partial charge in [0.25, 0.3) is 0 Å². The van der Waals surface area contributed by atoms with Crippen molar-refractivity contribution in [1.29, 1.82) is 0 Å². The molecule has 0 aliphatic carbocycles. The van der Waals surface area contributed by atoms with E-state index in [1.54, 1.807) is 24.5 Å². The van der Waals surface area contributed by atoms with Gasteiger partial charge in [-0.3, -0.25) is 9.55 Å². The van der Waals surface area contributed by atoms with Crippen molar-refractivity contribution in [3.63, 3.8) is 0 Å². The van der Waals surface area contributed by atoms with Gasteiger partial charge in [0, 0.05) is 11.9 Å². The van der Waals surface area contributed by atoms with Crippen molar-refractivity contribution < 1.29 is 4.39 Å². The van der Waals surface area contributed by atoms with Crippen LogP contribution in [-0.2, 0) is 0 Å². The first kappa shape index (κ1) is 13.3. The molecule has 0 fully saturated rings. The van der Waals surface area contributed by atoms with Crippen LogP contribution in [0, 0.1) is 5.82 Å². The molecule has 102 valence electrons. The minimum Gasteiger partial charge on any atom is -0.295 e. The lowest BCUT2D eigenvalue weighted by Gasteiger charge is -2.11. The second-order valence-electron chi connectivity index (χ2n) is 4.38. The molecule has 0 aliphatic rings. The van der Waals surface area contributed by atoms with Gasteiger partial charge in [0.2, 0.25) is 0 Å². The number of imidazole rings is 1. The van der Waals surface area contributed by atoms with E-state index in [2.05, 4.69) is 9.97 Å². The van der Waals surface area contributed by atoms with Gasteiger partial charge in [-0.1, -0.05) is 11.6 Å². The Morgan fingerprint density at radius 2 is 2.10 bits per heavy atom. The predicted molar refractivity (Wildman–Crippen MR) is 78.1 cm³/mol. The van der Waals surface area contributed by atoms with E-state index in [9.17, 15) is 4.39 Å². The summed E-state index contributed by atoms with van der Waals surface area (Å²) in [5, 5.41) is -0.238. The predicted octanol–water partition coefficient (Wildman–Crippen LogP) is 4.51. The number of alkyl halides is 1. The molecule has 3 rings (SSSR count). The van der Waals surface area contributed by atoms with Gasteiger partial charge in [0.15, 0.2) is 0 Å². The molecule has 0 saturated carbocycles. The minimum atomic E-state index is -0.457. The first-order valence-electron chi connectivity index (χ1n) is 6.00. The zero-order valence-electron chi connectivity index (χ0n) is 10.5. The third-order valence-corrected chi connectivity index (χ3v) is 3.48. The average molecular weight is 310 g/mol. The fourth-order valence-electron chi connectivity index (χ4n) is 2.11. The van der Waals surface area contributed by atoms with Gasteiger partial charge in [-0.15, -0.1) is 11.6 Å². The SMILES string of the molecule is CC(Cl)c1nc2cnccc2n1-c1ccc(F)c(Cl)c1. The fourth-order valence-corrected chi connectivity index (χ4v) is 2.43. The lowest BCUT2D eigenvalue weighted by atomic mass is 10.3. The van der Waals surface area contributed by atoms with Gasteiger partial charge in [-0.2, -0.15) is 0 Å². The number of halogens is 3. The largest absolute Gasteiger partial charge is 0.295 e. The molecule has 0 radical (unpaired) electrons. The van der Waals surface area contributed by atoms with Crippen LogP contribution < -0.4 is 0 Å². The van der Waals surface area contributed by atoms with Crippen LogP contribution in [0.25, 0.3) is 16.7 Å². The molecular weight excluding hydrogens is 300 g/mol. The zero-order chi connectivity index (χ0) is 14.3. The standard InChI is InChI=1S/C14H10Cl2FN3/c1-8(15)14-19-12-7-18-5-4-13(12)20(14)9-2-3-11(17)10(16)6-9/h2-8H,1H3. The van der Waals surface area contributed by atoms with Crippen molar-refractivity contribution in [2.75, 3.05) is 0 Å². The topological polar surface area (TPSA) is 30.7 Å². The average Bonchev–Trinajstić information content (AvgIpc) is 2.81. The van der Waals surface area contributed by atoms with Gasteiger partial charge in [-0.05, 0) is 31.2 Å². The molecule has 0 saturated heterocycles. The smallest absolute Gasteiger partial charge is 0.141 e. The van der Waals surface area contributed by atoms with Gasteiger partial charge < -0.3 is 0 Å². The van der Waals surface area contributed by atoms with E-state index >= 15 is 0 Å². The Morgan fingerprint density at radius 1 is 1.30 bits per heavy atom. The van der Waals surface area contributed by atoms with Crippen molar-refractivity contribution in [1.82, 2.24) is 14.5 Å². The van der Waals surface area contributed by atoms with E-state index in [4.69, 9.17) is 23.2 Å². The first-order valence-corrected chi connectivity index (χ1v) is 6.81. The van der Waals surface area contributed by atoms with Gasteiger partial charge in [0.1, 0.15) is 17.2 Å². The summed E-state index contributed by atoms with van der Waals surface area (Å²) in [5.74, 6) is 0.208. The van der Waals surface area contributed by atoms with Crippen molar-refractivity contribution >= 4 is 34.2 Å². The summed E-state index contributed by atoms with van der Waals surface area (Å²) in [4.78, 5) is 8.52. The summed E-state index contributed by atoms with van der Waals surface area (Å²) in [7, 11) is 0. The van der Waals surface area contributed by atoms with Gasteiger partial charge >= 0.3 is 0 Å². The van der Waals surface area contributed by atoms with Crippen molar-refractivity contribution in [2.45, 2.75) is 12.3 Å². The third-order valence-electron chi connectivity index (χ3n) is 3.00. The lowest BCUT2D eigenvalue weighted by Crippen LogP contribution is -2.02. The molecule has 2 aromatic heterocycles. The van der Waals surface area contributed by atoms with Crippen molar-refractivity contribution in [3.8, 4) is 5.69 Å². The summed E-state index contributed by atoms with van der Waals surface area (Å²) in [6.45, 7) is 1.83. The number of rotatable bonds is 2. The highest BCUT2D eigenvalue weighted by molar-refractivity contribution is 6.30. The van der Waals surface area contributed by atoms with E-state index in [1.807, 2.05) is 17.6 Å². The summed E-state index contributed by atoms with van der Waals surface area (Å²) < 4.78 is 15.2. The molecular formula is C14H10Cl2FN3. The molecule has 6 heteroatoms.